The number of benzene rings is 2. The number of thioether (sulfide) groups is 2. The molecule has 2 aromatic carbocycles. The van der Waals surface area contributed by atoms with Gasteiger partial charge in [0.2, 0.25) is 0 Å². The van der Waals surface area contributed by atoms with Crippen LogP contribution in [0.3, 0.4) is 0 Å². The van der Waals surface area contributed by atoms with Crippen LogP contribution in [-0.2, 0) is 10.9 Å². The molecule has 0 heterocycles. The molecule has 0 bridgehead atoms. The van der Waals surface area contributed by atoms with E-state index in [9.17, 15) is 18.3 Å². The SMILES string of the molecule is CSCOC(COc1ccc(C(F)(F)F)cc1)CSc1ccc(O)c(C)c1. The second-order valence-corrected chi connectivity index (χ2v) is 7.69. The summed E-state index contributed by atoms with van der Waals surface area (Å²) in [7, 11) is 0. The van der Waals surface area contributed by atoms with Gasteiger partial charge in [0, 0.05) is 10.6 Å². The molecule has 8 heteroatoms. The van der Waals surface area contributed by atoms with Crippen LogP contribution in [-0.4, -0.2) is 35.8 Å². The highest BCUT2D eigenvalue weighted by Gasteiger charge is 2.30. The summed E-state index contributed by atoms with van der Waals surface area (Å²) in [4.78, 5) is 0.998. The molecule has 0 amide bonds. The Morgan fingerprint density at radius 2 is 1.81 bits per heavy atom. The number of phenols is 1. The molecule has 0 aromatic heterocycles. The van der Waals surface area contributed by atoms with Crippen LogP contribution < -0.4 is 4.74 Å². The zero-order valence-electron chi connectivity index (χ0n) is 15.0. The van der Waals surface area contributed by atoms with Gasteiger partial charge >= 0.3 is 6.18 Å². The summed E-state index contributed by atoms with van der Waals surface area (Å²) in [5, 5.41) is 9.59. The van der Waals surface area contributed by atoms with Crippen LogP contribution >= 0.6 is 23.5 Å². The molecule has 148 valence electrons. The molecule has 0 saturated heterocycles. The van der Waals surface area contributed by atoms with Crippen LogP contribution in [0.5, 0.6) is 11.5 Å². The summed E-state index contributed by atoms with van der Waals surface area (Å²) in [6.07, 6.45) is -2.66. The number of hydrogen-bond donors (Lipinski definition) is 1. The Balaban J connectivity index is 1.92. The Morgan fingerprint density at radius 1 is 1.11 bits per heavy atom. The average Bonchev–Trinajstić information content (AvgIpc) is 2.63. The van der Waals surface area contributed by atoms with Gasteiger partial charge in [-0.05, 0) is 61.2 Å². The third-order valence-electron chi connectivity index (χ3n) is 3.64. The smallest absolute Gasteiger partial charge is 0.416 e. The molecule has 0 radical (unpaired) electrons. The van der Waals surface area contributed by atoms with E-state index in [-0.39, 0.29) is 18.5 Å². The van der Waals surface area contributed by atoms with Crippen molar-refractivity contribution in [2.24, 2.45) is 0 Å². The first-order chi connectivity index (χ1) is 12.8. The van der Waals surface area contributed by atoms with E-state index < -0.39 is 11.7 Å². The third-order valence-corrected chi connectivity index (χ3v) is 5.14. The Hall–Kier alpha value is -1.51. The first kappa shape index (κ1) is 21.8. The predicted molar refractivity (Wildman–Crippen MR) is 104 cm³/mol. The molecule has 27 heavy (non-hydrogen) atoms. The van der Waals surface area contributed by atoms with Crippen LogP contribution in [0.25, 0.3) is 0 Å². The Labute approximate surface area is 165 Å². The number of hydrogen-bond acceptors (Lipinski definition) is 5. The predicted octanol–water partition coefficient (Wildman–Crippen LogP) is 5.60. The molecule has 0 aliphatic heterocycles. The highest BCUT2D eigenvalue weighted by molar-refractivity contribution is 7.99. The molecule has 0 fully saturated rings. The minimum absolute atomic E-state index is 0.223. The van der Waals surface area contributed by atoms with E-state index in [1.54, 1.807) is 17.8 Å². The van der Waals surface area contributed by atoms with Crippen molar-refractivity contribution in [2.45, 2.75) is 24.1 Å². The third kappa shape index (κ3) is 7.20. The second-order valence-electron chi connectivity index (χ2n) is 5.79. The van der Waals surface area contributed by atoms with E-state index in [1.807, 2.05) is 25.3 Å². The van der Waals surface area contributed by atoms with Crippen LogP contribution in [0.2, 0.25) is 0 Å². The van der Waals surface area contributed by atoms with Crippen LogP contribution in [0.15, 0.2) is 47.4 Å². The second kappa shape index (κ2) is 10.1. The first-order valence-electron chi connectivity index (χ1n) is 8.12. The van der Waals surface area contributed by atoms with E-state index in [1.165, 1.54) is 23.9 Å². The molecule has 0 aliphatic carbocycles. The van der Waals surface area contributed by atoms with E-state index in [2.05, 4.69) is 0 Å². The molecule has 2 aromatic rings. The van der Waals surface area contributed by atoms with Crippen molar-refractivity contribution in [1.29, 1.82) is 0 Å². The maximum Gasteiger partial charge on any atom is 0.416 e. The van der Waals surface area contributed by atoms with Gasteiger partial charge in [-0.3, -0.25) is 0 Å². The van der Waals surface area contributed by atoms with Gasteiger partial charge in [0.25, 0.3) is 0 Å². The normalized spacial score (nSPS) is 12.8. The number of phenolic OH excluding ortho intramolecular Hbond substituents is 1. The molecule has 1 N–H and O–H groups in total. The van der Waals surface area contributed by atoms with E-state index in [4.69, 9.17) is 9.47 Å². The summed E-state index contributed by atoms with van der Waals surface area (Å²) in [5.41, 5.74) is 0.0888. The number of rotatable bonds is 9. The Morgan fingerprint density at radius 3 is 2.41 bits per heavy atom. The van der Waals surface area contributed by atoms with Crippen molar-refractivity contribution in [3.63, 3.8) is 0 Å². The van der Waals surface area contributed by atoms with Gasteiger partial charge in [-0.1, -0.05) is 0 Å². The largest absolute Gasteiger partial charge is 0.508 e. The lowest BCUT2D eigenvalue weighted by Gasteiger charge is -2.18. The van der Waals surface area contributed by atoms with Crippen LogP contribution in [0.1, 0.15) is 11.1 Å². The quantitative estimate of drug-likeness (QED) is 0.424. The van der Waals surface area contributed by atoms with E-state index in [0.29, 0.717) is 17.4 Å². The van der Waals surface area contributed by atoms with Crippen LogP contribution in [0, 0.1) is 6.92 Å². The lowest BCUT2D eigenvalue weighted by atomic mass is 10.2. The van der Waals surface area contributed by atoms with Crippen molar-refractivity contribution in [1.82, 2.24) is 0 Å². The van der Waals surface area contributed by atoms with Gasteiger partial charge in [-0.2, -0.15) is 13.2 Å². The minimum Gasteiger partial charge on any atom is -0.508 e. The number of halogens is 3. The summed E-state index contributed by atoms with van der Waals surface area (Å²) < 4.78 is 49.2. The topological polar surface area (TPSA) is 38.7 Å². The molecule has 0 spiro atoms. The number of aromatic hydroxyl groups is 1. The van der Waals surface area contributed by atoms with Crippen molar-refractivity contribution in [3.05, 3.63) is 53.6 Å². The molecule has 0 aliphatic rings. The maximum absolute atomic E-state index is 12.6. The lowest BCUT2D eigenvalue weighted by Crippen LogP contribution is -2.24. The molecule has 1 atom stereocenters. The average molecular weight is 419 g/mol. The lowest BCUT2D eigenvalue weighted by molar-refractivity contribution is -0.137. The Kier molecular flexibility index (Phi) is 8.19. The zero-order chi connectivity index (χ0) is 19.9. The van der Waals surface area contributed by atoms with Crippen molar-refractivity contribution >= 4 is 23.5 Å². The van der Waals surface area contributed by atoms with Crippen LogP contribution in [0.4, 0.5) is 13.2 Å². The first-order valence-corrected chi connectivity index (χ1v) is 10.5. The van der Waals surface area contributed by atoms with E-state index in [0.717, 1.165) is 22.6 Å². The molecule has 2 rings (SSSR count). The van der Waals surface area contributed by atoms with Gasteiger partial charge in [-0.25, -0.2) is 0 Å². The number of ether oxygens (including phenoxy) is 2. The van der Waals surface area contributed by atoms with Gasteiger partial charge in [0.1, 0.15) is 24.2 Å². The number of alkyl halides is 3. The fourth-order valence-corrected chi connectivity index (χ4v) is 3.47. The molecule has 0 saturated carbocycles. The molecule has 1 unspecified atom stereocenters. The maximum atomic E-state index is 12.6. The zero-order valence-corrected chi connectivity index (χ0v) is 16.6. The fraction of sp³-hybridized carbons (Fsp3) is 0.368. The van der Waals surface area contributed by atoms with Crippen molar-refractivity contribution < 1.29 is 27.8 Å². The minimum atomic E-state index is -4.36. The summed E-state index contributed by atoms with van der Waals surface area (Å²) in [6.45, 7) is 2.06. The standard InChI is InChI=1S/C19H21F3O3S2/c1-13-9-17(7-8-18(13)23)27-11-16(25-12-26-2)10-24-15-5-3-14(4-6-15)19(20,21)22/h3-9,16,23H,10-12H2,1-2H3. The van der Waals surface area contributed by atoms with Crippen molar-refractivity contribution in [2.75, 3.05) is 24.6 Å². The van der Waals surface area contributed by atoms with Crippen molar-refractivity contribution in [3.8, 4) is 11.5 Å². The summed E-state index contributed by atoms with van der Waals surface area (Å²) in [5.74, 6) is 1.73. The monoisotopic (exact) mass is 418 g/mol. The van der Waals surface area contributed by atoms with Gasteiger partial charge in [0.05, 0.1) is 11.5 Å². The number of aryl methyl sites for hydroxylation is 1. The molecular weight excluding hydrogens is 397 g/mol. The highest BCUT2D eigenvalue weighted by Crippen LogP contribution is 2.30. The van der Waals surface area contributed by atoms with Gasteiger partial charge in [0.15, 0.2) is 0 Å². The fourth-order valence-electron chi connectivity index (χ4n) is 2.14. The van der Waals surface area contributed by atoms with Gasteiger partial charge in [-0.15, -0.1) is 23.5 Å². The highest BCUT2D eigenvalue weighted by atomic mass is 32.2. The Bertz CT molecular complexity index is 721. The molecular formula is C19H21F3O3S2. The van der Waals surface area contributed by atoms with E-state index >= 15 is 0 Å². The summed E-state index contributed by atoms with van der Waals surface area (Å²) in [6, 6.07) is 9.99. The molecule has 3 nitrogen and oxygen atoms in total. The van der Waals surface area contributed by atoms with Gasteiger partial charge < -0.3 is 14.6 Å². The summed E-state index contributed by atoms with van der Waals surface area (Å²) >= 11 is 3.11.